The molecule has 0 spiro atoms. The fourth-order valence-electron chi connectivity index (χ4n) is 5.94. The summed E-state index contributed by atoms with van der Waals surface area (Å²) in [5.41, 5.74) is 6.73. The number of hydrogen-bond donors (Lipinski definition) is 0. The van der Waals surface area contributed by atoms with E-state index in [1.54, 1.807) is 0 Å². The van der Waals surface area contributed by atoms with Gasteiger partial charge in [0, 0.05) is 16.5 Å². The van der Waals surface area contributed by atoms with E-state index in [1.807, 2.05) is 6.07 Å². The molecule has 37 heavy (non-hydrogen) atoms. The van der Waals surface area contributed by atoms with Crippen LogP contribution in [0.5, 0.6) is 0 Å². The van der Waals surface area contributed by atoms with Crippen LogP contribution in [-0.2, 0) is 0 Å². The Morgan fingerprint density at radius 3 is 1.81 bits per heavy atom. The van der Waals surface area contributed by atoms with Crippen molar-refractivity contribution in [2.45, 2.75) is 0 Å². The number of benzene rings is 7. The van der Waals surface area contributed by atoms with Crippen molar-refractivity contribution in [3.63, 3.8) is 0 Å². The lowest BCUT2D eigenvalue weighted by Crippen LogP contribution is -1.87. The number of rotatable bonds is 3. The highest BCUT2D eigenvalue weighted by Crippen LogP contribution is 2.44. The molecular formula is C36H22O. The van der Waals surface area contributed by atoms with Crippen LogP contribution in [0, 0.1) is 0 Å². The summed E-state index contributed by atoms with van der Waals surface area (Å²) in [6.45, 7) is 0. The van der Waals surface area contributed by atoms with Crippen molar-refractivity contribution in [3.8, 4) is 33.6 Å². The maximum atomic E-state index is 6.51. The minimum absolute atomic E-state index is 0.902. The average molecular weight is 471 g/mol. The number of fused-ring (bicyclic) bond motifs is 1. The first-order chi connectivity index (χ1) is 18.3. The van der Waals surface area contributed by atoms with Crippen molar-refractivity contribution >= 4 is 43.3 Å². The third-order valence-electron chi connectivity index (χ3n) is 7.63. The predicted molar refractivity (Wildman–Crippen MR) is 156 cm³/mol. The van der Waals surface area contributed by atoms with E-state index >= 15 is 0 Å². The lowest BCUT2D eigenvalue weighted by Gasteiger charge is -2.14. The smallest absolute Gasteiger partial charge is 0.143 e. The first kappa shape index (κ1) is 20.3. The third kappa shape index (κ3) is 3.04. The largest absolute Gasteiger partial charge is 0.455 e. The quantitative estimate of drug-likeness (QED) is 0.234. The van der Waals surface area contributed by atoms with E-state index in [1.165, 1.54) is 43.4 Å². The molecule has 172 valence electrons. The van der Waals surface area contributed by atoms with Crippen molar-refractivity contribution in [1.29, 1.82) is 0 Å². The van der Waals surface area contributed by atoms with E-state index in [9.17, 15) is 0 Å². The minimum atomic E-state index is 0.902. The minimum Gasteiger partial charge on any atom is -0.455 e. The first-order valence-corrected chi connectivity index (χ1v) is 12.7. The normalized spacial score (nSPS) is 11.8. The Bertz CT molecular complexity index is 2050. The highest BCUT2D eigenvalue weighted by atomic mass is 16.3. The standard InChI is InChI=1S/C36H22O/c1-3-8-23(9-4-1)35-31-22-28(18-21-32(31)37-36(35)27-10-5-2-6-11-27)29-19-16-26-15-14-24-12-7-13-25-17-20-30(29)34(26)33(24)25/h1-22H. The van der Waals surface area contributed by atoms with Gasteiger partial charge in [0.2, 0.25) is 0 Å². The molecule has 0 unspecified atom stereocenters. The molecule has 8 aromatic rings. The van der Waals surface area contributed by atoms with Crippen LogP contribution in [0.25, 0.3) is 76.9 Å². The molecule has 8 rings (SSSR count). The number of hydrogen-bond acceptors (Lipinski definition) is 1. The topological polar surface area (TPSA) is 13.1 Å². The molecule has 0 fully saturated rings. The van der Waals surface area contributed by atoms with Crippen molar-refractivity contribution in [2.24, 2.45) is 0 Å². The Morgan fingerprint density at radius 1 is 0.405 bits per heavy atom. The Morgan fingerprint density at radius 2 is 1.05 bits per heavy atom. The van der Waals surface area contributed by atoms with Gasteiger partial charge >= 0.3 is 0 Å². The lowest BCUT2D eigenvalue weighted by molar-refractivity contribution is 0.632. The summed E-state index contributed by atoms with van der Waals surface area (Å²) in [5.74, 6) is 0.911. The fourth-order valence-corrected chi connectivity index (χ4v) is 5.94. The first-order valence-electron chi connectivity index (χ1n) is 12.7. The van der Waals surface area contributed by atoms with Gasteiger partial charge < -0.3 is 4.42 Å². The summed E-state index contributed by atoms with van der Waals surface area (Å²) in [6.07, 6.45) is 0. The molecule has 0 radical (unpaired) electrons. The highest BCUT2D eigenvalue weighted by molar-refractivity contribution is 6.25. The predicted octanol–water partition coefficient (Wildman–Crippen LogP) is 10.3. The second-order valence-electron chi connectivity index (χ2n) is 9.72. The molecular weight excluding hydrogens is 448 g/mol. The van der Waals surface area contributed by atoms with Crippen LogP contribution in [0.2, 0.25) is 0 Å². The van der Waals surface area contributed by atoms with Crippen molar-refractivity contribution in [1.82, 2.24) is 0 Å². The van der Waals surface area contributed by atoms with Gasteiger partial charge in [-0.2, -0.15) is 0 Å². The molecule has 1 nitrogen and oxygen atoms in total. The summed E-state index contributed by atoms with van der Waals surface area (Å²) in [4.78, 5) is 0. The summed E-state index contributed by atoms with van der Waals surface area (Å²) >= 11 is 0. The molecule has 0 N–H and O–H groups in total. The Hall–Kier alpha value is -4.88. The molecule has 0 saturated carbocycles. The Kier molecular flexibility index (Phi) is 4.29. The molecule has 0 aliphatic rings. The second-order valence-corrected chi connectivity index (χ2v) is 9.72. The van der Waals surface area contributed by atoms with Crippen LogP contribution < -0.4 is 0 Å². The SMILES string of the molecule is c1ccc(-c2oc3ccc(-c4ccc5ccc6cccc7ccc4c5c67)cc3c2-c2ccccc2)cc1. The van der Waals surface area contributed by atoms with Gasteiger partial charge in [0.05, 0.1) is 0 Å². The zero-order valence-electron chi connectivity index (χ0n) is 20.1. The average Bonchev–Trinajstić information content (AvgIpc) is 3.36. The van der Waals surface area contributed by atoms with E-state index in [-0.39, 0.29) is 0 Å². The summed E-state index contributed by atoms with van der Waals surface area (Å²) in [7, 11) is 0. The highest BCUT2D eigenvalue weighted by Gasteiger charge is 2.19. The van der Waals surface area contributed by atoms with Crippen LogP contribution >= 0.6 is 0 Å². The molecule has 7 aromatic carbocycles. The maximum absolute atomic E-state index is 6.51. The molecule has 0 aliphatic carbocycles. The van der Waals surface area contributed by atoms with Crippen LogP contribution in [0.3, 0.4) is 0 Å². The van der Waals surface area contributed by atoms with Gasteiger partial charge in [0.15, 0.2) is 0 Å². The third-order valence-corrected chi connectivity index (χ3v) is 7.63. The summed E-state index contributed by atoms with van der Waals surface area (Å²) in [5, 5.41) is 8.97. The van der Waals surface area contributed by atoms with Gasteiger partial charge in [0.25, 0.3) is 0 Å². The zero-order chi connectivity index (χ0) is 24.3. The van der Waals surface area contributed by atoms with Gasteiger partial charge in [-0.1, -0.05) is 121 Å². The van der Waals surface area contributed by atoms with Crippen LogP contribution in [0.4, 0.5) is 0 Å². The molecule has 0 aliphatic heterocycles. The Balaban J connectivity index is 1.42. The molecule has 1 heteroatoms. The van der Waals surface area contributed by atoms with Crippen molar-refractivity contribution < 1.29 is 4.42 Å². The fraction of sp³-hybridized carbons (Fsp3) is 0. The van der Waals surface area contributed by atoms with Gasteiger partial charge in [-0.3, -0.25) is 0 Å². The van der Waals surface area contributed by atoms with Gasteiger partial charge in [-0.15, -0.1) is 0 Å². The zero-order valence-corrected chi connectivity index (χ0v) is 20.1. The molecule has 1 heterocycles. The van der Waals surface area contributed by atoms with Crippen molar-refractivity contribution in [3.05, 3.63) is 133 Å². The number of furan rings is 1. The van der Waals surface area contributed by atoms with Gasteiger partial charge in [-0.05, 0) is 61.1 Å². The molecule has 0 bridgehead atoms. The van der Waals surface area contributed by atoms with Crippen LogP contribution in [0.1, 0.15) is 0 Å². The summed E-state index contributed by atoms with van der Waals surface area (Å²) in [6, 6.07) is 47.7. The monoisotopic (exact) mass is 470 g/mol. The van der Waals surface area contributed by atoms with E-state index < -0.39 is 0 Å². The maximum Gasteiger partial charge on any atom is 0.143 e. The van der Waals surface area contributed by atoms with Crippen LogP contribution in [-0.4, -0.2) is 0 Å². The lowest BCUT2D eigenvalue weighted by atomic mass is 9.89. The molecule has 1 aromatic heterocycles. The second kappa shape index (κ2) is 7.81. The van der Waals surface area contributed by atoms with E-state index in [2.05, 4.69) is 127 Å². The summed E-state index contributed by atoms with van der Waals surface area (Å²) < 4.78 is 6.51. The Labute approximate surface area is 214 Å². The van der Waals surface area contributed by atoms with Crippen LogP contribution in [0.15, 0.2) is 138 Å². The van der Waals surface area contributed by atoms with Gasteiger partial charge in [0.1, 0.15) is 11.3 Å². The van der Waals surface area contributed by atoms with E-state index in [4.69, 9.17) is 4.42 Å². The van der Waals surface area contributed by atoms with Crippen molar-refractivity contribution in [2.75, 3.05) is 0 Å². The van der Waals surface area contributed by atoms with E-state index in [0.717, 1.165) is 33.4 Å². The molecule has 0 saturated heterocycles. The van der Waals surface area contributed by atoms with E-state index in [0.29, 0.717) is 0 Å². The molecule has 0 atom stereocenters. The molecule has 0 amide bonds. The van der Waals surface area contributed by atoms with Gasteiger partial charge in [-0.25, -0.2) is 0 Å².